The topological polar surface area (TPSA) is 21.3 Å². The first-order valence-corrected chi connectivity index (χ1v) is 6.13. The summed E-state index contributed by atoms with van der Waals surface area (Å²) in [4.78, 5) is 0. The van der Waals surface area contributed by atoms with Gasteiger partial charge in [-0.1, -0.05) is 25.7 Å². The maximum atomic E-state index is 5.55. The van der Waals surface area contributed by atoms with Crippen LogP contribution < -0.4 is 5.32 Å². The summed E-state index contributed by atoms with van der Waals surface area (Å²) in [7, 11) is 1.86. The van der Waals surface area contributed by atoms with E-state index in [0.717, 1.165) is 18.4 Å². The summed E-state index contributed by atoms with van der Waals surface area (Å²) in [5, 5.41) is 3.42. The van der Waals surface area contributed by atoms with Crippen molar-refractivity contribution in [3.05, 3.63) is 0 Å². The van der Waals surface area contributed by atoms with E-state index in [1.165, 1.54) is 45.1 Å². The molecular weight excluding hydrogens is 174 g/mol. The zero-order valence-corrected chi connectivity index (χ0v) is 9.30. The van der Waals surface area contributed by atoms with Crippen LogP contribution in [0.2, 0.25) is 0 Å². The van der Waals surface area contributed by atoms with Crippen molar-refractivity contribution in [2.24, 2.45) is 11.8 Å². The van der Waals surface area contributed by atoms with Gasteiger partial charge in [0.15, 0.2) is 0 Å². The Labute approximate surface area is 87.4 Å². The normalized spacial score (nSPS) is 34.9. The SMILES string of the molecule is COC1CNCCC1CC1CCCC1. The lowest BCUT2D eigenvalue weighted by Crippen LogP contribution is -2.42. The van der Waals surface area contributed by atoms with E-state index >= 15 is 0 Å². The molecule has 2 fully saturated rings. The molecule has 2 heteroatoms. The zero-order valence-electron chi connectivity index (χ0n) is 9.30. The maximum absolute atomic E-state index is 5.55. The van der Waals surface area contributed by atoms with Crippen molar-refractivity contribution in [3.8, 4) is 0 Å². The Hall–Kier alpha value is -0.0800. The third kappa shape index (κ3) is 2.48. The Bertz CT molecular complexity index is 166. The molecule has 1 saturated carbocycles. The molecule has 0 radical (unpaired) electrons. The fraction of sp³-hybridized carbons (Fsp3) is 1.00. The van der Waals surface area contributed by atoms with E-state index in [2.05, 4.69) is 5.32 Å². The van der Waals surface area contributed by atoms with Crippen molar-refractivity contribution in [1.82, 2.24) is 5.32 Å². The standard InChI is InChI=1S/C12H23NO/c1-14-12-9-13-7-6-11(12)8-10-4-2-3-5-10/h10-13H,2-9H2,1H3. The van der Waals surface area contributed by atoms with E-state index in [9.17, 15) is 0 Å². The Kier molecular flexibility index (Phi) is 3.82. The molecule has 0 spiro atoms. The highest BCUT2D eigenvalue weighted by Crippen LogP contribution is 2.33. The zero-order chi connectivity index (χ0) is 9.80. The van der Waals surface area contributed by atoms with Gasteiger partial charge in [0.2, 0.25) is 0 Å². The summed E-state index contributed by atoms with van der Waals surface area (Å²) < 4.78 is 5.55. The molecule has 2 unspecified atom stereocenters. The van der Waals surface area contributed by atoms with Crippen LogP contribution in [0.5, 0.6) is 0 Å². The molecular formula is C12H23NO. The van der Waals surface area contributed by atoms with E-state index in [1.54, 1.807) is 0 Å². The molecule has 0 aromatic heterocycles. The fourth-order valence-corrected chi connectivity index (χ4v) is 3.10. The van der Waals surface area contributed by atoms with Crippen molar-refractivity contribution in [2.75, 3.05) is 20.2 Å². The first-order chi connectivity index (χ1) is 6.90. The van der Waals surface area contributed by atoms with Gasteiger partial charge in [0, 0.05) is 13.7 Å². The van der Waals surface area contributed by atoms with Gasteiger partial charge in [-0.25, -0.2) is 0 Å². The summed E-state index contributed by atoms with van der Waals surface area (Å²) in [5.74, 6) is 1.83. The highest BCUT2D eigenvalue weighted by molar-refractivity contribution is 4.82. The van der Waals surface area contributed by atoms with Crippen LogP contribution in [-0.4, -0.2) is 26.3 Å². The predicted molar refractivity (Wildman–Crippen MR) is 58.3 cm³/mol. The van der Waals surface area contributed by atoms with E-state index in [0.29, 0.717) is 6.10 Å². The molecule has 14 heavy (non-hydrogen) atoms. The second-order valence-electron chi connectivity index (χ2n) is 4.91. The number of methoxy groups -OCH3 is 1. The Morgan fingerprint density at radius 2 is 2.00 bits per heavy atom. The molecule has 2 aliphatic rings. The van der Waals surface area contributed by atoms with Crippen molar-refractivity contribution < 1.29 is 4.74 Å². The molecule has 1 aliphatic carbocycles. The van der Waals surface area contributed by atoms with Crippen molar-refractivity contribution in [1.29, 1.82) is 0 Å². The smallest absolute Gasteiger partial charge is 0.0724 e. The first kappa shape index (κ1) is 10.4. The van der Waals surface area contributed by atoms with Gasteiger partial charge in [0.1, 0.15) is 0 Å². The quantitative estimate of drug-likeness (QED) is 0.749. The summed E-state index contributed by atoms with van der Waals surface area (Å²) >= 11 is 0. The number of piperidine rings is 1. The van der Waals surface area contributed by atoms with E-state index in [1.807, 2.05) is 7.11 Å². The van der Waals surface area contributed by atoms with Crippen LogP contribution in [-0.2, 0) is 4.74 Å². The molecule has 1 saturated heterocycles. The summed E-state index contributed by atoms with van der Waals surface area (Å²) in [6.07, 6.45) is 9.08. The fourth-order valence-electron chi connectivity index (χ4n) is 3.10. The highest BCUT2D eigenvalue weighted by Gasteiger charge is 2.28. The van der Waals surface area contributed by atoms with Gasteiger partial charge < -0.3 is 10.1 Å². The molecule has 0 aromatic carbocycles. The van der Waals surface area contributed by atoms with Crippen LogP contribution in [0.15, 0.2) is 0 Å². The number of ether oxygens (including phenoxy) is 1. The van der Waals surface area contributed by atoms with Crippen LogP contribution in [0, 0.1) is 11.8 Å². The summed E-state index contributed by atoms with van der Waals surface area (Å²) in [5.41, 5.74) is 0. The maximum Gasteiger partial charge on any atom is 0.0724 e. The lowest BCUT2D eigenvalue weighted by molar-refractivity contribution is 0.0242. The summed E-state index contributed by atoms with van der Waals surface area (Å²) in [6, 6.07) is 0. The minimum absolute atomic E-state index is 0.476. The summed E-state index contributed by atoms with van der Waals surface area (Å²) in [6.45, 7) is 2.26. The van der Waals surface area contributed by atoms with Gasteiger partial charge in [0.05, 0.1) is 6.10 Å². The molecule has 2 atom stereocenters. The van der Waals surface area contributed by atoms with Gasteiger partial charge in [-0.2, -0.15) is 0 Å². The van der Waals surface area contributed by atoms with Crippen LogP contribution in [0.3, 0.4) is 0 Å². The van der Waals surface area contributed by atoms with E-state index in [4.69, 9.17) is 4.74 Å². The van der Waals surface area contributed by atoms with Gasteiger partial charge in [-0.15, -0.1) is 0 Å². The molecule has 1 heterocycles. The third-order valence-corrected chi connectivity index (χ3v) is 3.98. The molecule has 2 nitrogen and oxygen atoms in total. The molecule has 0 amide bonds. The number of hydrogen-bond donors (Lipinski definition) is 1. The van der Waals surface area contributed by atoms with Crippen molar-refractivity contribution in [3.63, 3.8) is 0 Å². The Balaban J connectivity index is 1.81. The Morgan fingerprint density at radius 3 is 2.71 bits per heavy atom. The van der Waals surface area contributed by atoms with Gasteiger partial charge in [-0.05, 0) is 31.2 Å². The minimum atomic E-state index is 0.476. The second-order valence-corrected chi connectivity index (χ2v) is 4.91. The van der Waals surface area contributed by atoms with E-state index in [-0.39, 0.29) is 0 Å². The molecule has 0 aromatic rings. The number of hydrogen-bond acceptors (Lipinski definition) is 2. The molecule has 1 N–H and O–H groups in total. The third-order valence-electron chi connectivity index (χ3n) is 3.98. The molecule has 1 aliphatic heterocycles. The molecule has 0 bridgehead atoms. The first-order valence-electron chi connectivity index (χ1n) is 6.13. The van der Waals surface area contributed by atoms with Crippen LogP contribution in [0.4, 0.5) is 0 Å². The lowest BCUT2D eigenvalue weighted by Gasteiger charge is -2.32. The molecule has 82 valence electrons. The Morgan fingerprint density at radius 1 is 1.21 bits per heavy atom. The minimum Gasteiger partial charge on any atom is -0.380 e. The van der Waals surface area contributed by atoms with Gasteiger partial charge >= 0.3 is 0 Å². The highest BCUT2D eigenvalue weighted by atomic mass is 16.5. The van der Waals surface area contributed by atoms with Gasteiger partial charge in [-0.3, -0.25) is 0 Å². The predicted octanol–water partition coefficient (Wildman–Crippen LogP) is 2.19. The average Bonchev–Trinajstić information content (AvgIpc) is 2.71. The van der Waals surface area contributed by atoms with Crippen LogP contribution in [0.25, 0.3) is 0 Å². The second kappa shape index (κ2) is 5.13. The van der Waals surface area contributed by atoms with Crippen molar-refractivity contribution in [2.45, 2.75) is 44.6 Å². The van der Waals surface area contributed by atoms with Crippen molar-refractivity contribution >= 4 is 0 Å². The lowest BCUT2D eigenvalue weighted by atomic mass is 9.85. The molecule has 2 rings (SSSR count). The monoisotopic (exact) mass is 197 g/mol. The van der Waals surface area contributed by atoms with E-state index < -0.39 is 0 Å². The van der Waals surface area contributed by atoms with Crippen LogP contribution >= 0.6 is 0 Å². The number of nitrogens with one attached hydrogen (secondary N) is 1. The number of rotatable bonds is 3. The average molecular weight is 197 g/mol. The van der Waals surface area contributed by atoms with Gasteiger partial charge in [0.25, 0.3) is 0 Å². The van der Waals surface area contributed by atoms with Crippen LogP contribution in [0.1, 0.15) is 38.5 Å². The largest absolute Gasteiger partial charge is 0.380 e.